The van der Waals surface area contributed by atoms with Crippen molar-refractivity contribution < 1.29 is 5.11 Å². The lowest BCUT2D eigenvalue weighted by Gasteiger charge is -2.25. The van der Waals surface area contributed by atoms with E-state index in [1.54, 1.807) is 6.07 Å². The molecule has 1 aromatic carbocycles. The SMILES string of the molecule is CN1CCc2cc(Cl)c(O)cc2C1. The van der Waals surface area contributed by atoms with Crippen molar-refractivity contribution in [2.75, 3.05) is 13.6 Å². The number of likely N-dealkylation sites (N-methyl/N-ethyl adjacent to an activating group) is 1. The van der Waals surface area contributed by atoms with E-state index in [-0.39, 0.29) is 5.75 Å². The van der Waals surface area contributed by atoms with Crippen LogP contribution in [0.5, 0.6) is 5.75 Å². The van der Waals surface area contributed by atoms with Gasteiger partial charge < -0.3 is 10.0 Å². The topological polar surface area (TPSA) is 23.5 Å². The van der Waals surface area contributed by atoms with E-state index < -0.39 is 0 Å². The third kappa shape index (κ3) is 1.64. The first kappa shape index (κ1) is 8.85. The second kappa shape index (κ2) is 3.20. The molecule has 3 heteroatoms. The van der Waals surface area contributed by atoms with Crippen LogP contribution in [-0.4, -0.2) is 23.6 Å². The predicted molar refractivity (Wildman–Crippen MR) is 53.2 cm³/mol. The van der Waals surface area contributed by atoms with Crippen molar-refractivity contribution in [3.8, 4) is 5.75 Å². The van der Waals surface area contributed by atoms with Gasteiger partial charge in [-0.15, -0.1) is 0 Å². The number of benzene rings is 1. The Labute approximate surface area is 82.7 Å². The molecule has 0 atom stereocenters. The van der Waals surface area contributed by atoms with Crippen LogP contribution in [-0.2, 0) is 13.0 Å². The number of rotatable bonds is 0. The third-order valence-corrected chi connectivity index (χ3v) is 2.77. The molecule has 70 valence electrons. The van der Waals surface area contributed by atoms with Gasteiger partial charge in [-0.25, -0.2) is 0 Å². The van der Waals surface area contributed by atoms with Crippen LogP contribution in [0.25, 0.3) is 0 Å². The number of nitrogens with zero attached hydrogens (tertiary/aromatic N) is 1. The average molecular weight is 198 g/mol. The molecule has 0 bridgehead atoms. The Morgan fingerprint density at radius 1 is 1.38 bits per heavy atom. The van der Waals surface area contributed by atoms with Crippen LogP contribution in [0.3, 0.4) is 0 Å². The van der Waals surface area contributed by atoms with Crippen molar-refractivity contribution in [1.29, 1.82) is 0 Å². The zero-order valence-corrected chi connectivity index (χ0v) is 8.30. The van der Waals surface area contributed by atoms with Gasteiger partial charge in [-0.3, -0.25) is 0 Å². The van der Waals surface area contributed by atoms with Gasteiger partial charge in [0.2, 0.25) is 0 Å². The molecule has 0 saturated heterocycles. The van der Waals surface area contributed by atoms with Crippen LogP contribution >= 0.6 is 11.6 Å². The van der Waals surface area contributed by atoms with Gasteiger partial charge in [-0.2, -0.15) is 0 Å². The van der Waals surface area contributed by atoms with Crippen LogP contribution in [0.4, 0.5) is 0 Å². The number of phenols is 1. The Morgan fingerprint density at radius 3 is 2.92 bits per heavy atom. The molecule has 13 heavy (non-hydrogen) atoms. The van der Waals surface area contributed by atoms with Gasteiger partial charge in [-0.1, -0.05) is 11.6 Å². The highest BCUT2D eigenvalue weighted by atomic mass is 35.5. The van der Waals surface area contributed by atoms with E-state index in [0.717, 1.165) is 19.5 Å². The lowest BCUT2D eigenvalue weighted by atomic mass is 10.00. The number of fused-ring (bicyclic) bond motifs is 1. The van der Waals surface area contributed by atoms with Crippen molar-refractivity contribution >= 4 is 11.6 Å². The quantitative estimate of drug-likeness (QED) is 0.688. The van der Waals surface area contributed by atoms with E-state index >= 15 is 0 Å². The first-order valence-electron chi connectivity index (χ1n) is 4.35. The molecule has 0 fully saturated rings. The molecule has 0 spiro atoms. The summed E-state index contributed by atoms with van der Waals surface area (Å²) < 4.78 is 0. The maximum absolute atomic E-state index is 9.41. The fraction of sp³-hybridized carbons (Fsp3) is 0.400. The van der Waals surface area contributed by atoms with E-state index in [2.05, 4.69) is 11.9 Å². The highest BCUT2D eigenvalue weighted by Crippen LogP contribution is 2.29. The van der Waals surface area contributed by atoms with Crippen LogP contribution in [0.2, 0.25) is 5.02 Å². The standard InChI is InChI=1S/C10H12ClNO/c1-12-3-2-7-4-9(11)10(13)5-8(7)6-12/h4-5,13H,2-3,6H2,1H3. The molecule has 2 nitrogen and oxygen atoms in total. The number of phenolic OH excluding ortho intramolecular Hbond substituents is 1. The van der Waals surface area contributed by atoms with Gasteiger partial charge in [0.1, 0.15) is 5.75 Å². The van der Waals surface area contributed by atoms with Gasteiger partial charge in [0, 0.05) is 13.1 Å². The first-order valence-corrected chi connectivity index (χ1v) is 4.73. The third-order valence-electron chi connectivity index (χ3n) is 2.47. The van der Waals surface area contributed by atoms with Crippen LogP contribution in [0.1, 0.15) is 11.1 Å². The Balaban J connectivity index is 2.43. The summed E-state index contributed by atoms with van der Waals surface area (Å²) in [6.07, 6.45) is 1.02. The molecule has 0 unspecified atom stereocenters. The Hall–Kier alpha value is -0.730. The monoisotopic (exact) mass is 197 g/mol. The van der Waals surface area contributed by atoms with Crippen molar-refractivity contribution in [2.24, 2.45) is 0 Å². The molecule has 1 aliphatic heterocycles. The van der Waals surface area contributed by atoms with E-state index in [1.807, 2.05) is 6.07 Å². The van der Waals surface area contributed by atoms with E-state index in [9.17, 15) is 5.11 Å². The fourth-order valence-electron chi connectivity index (χ4n) is 1.71. The highest BCUT2D eigenvalue weighted by molar-refractivity contribution is 6.32. The molecule has 1 heterocycles. The normalized spacial score (nSPS) is 17.1. The molecule has 2 rings (SSSR count). The molecular weight excluding hydrogens is 186 g/mol. The largest absolute Gasteiger partial charge is 0.506 e. The van der Waals surface area contributed by atoms with E-state index in [0.29, 0.717) is 5.02 Å². The second-order valence-corrected chi connectivity index (χ2v) is 3.97. The minimum Gasteiger partial charge on any atom is -0.506 e. The summed E-state index contributed by atoms with van der Waals surface area (Å²) in [5, 5.41) is 9.87. The van der Waals surface area contributed by atoms with Crippen molar-refractivity contribution in [2.45, 2.75) is 13.0 Å². The van der Waals surface area contributed by atoms with Crippen LogP contribution in [0, 0.1) is 0 Å². The molecule has 0 saturated carbocycles. The van der Waals surface area contributed by atoms with Gasteiger partial charge >= 0.3 is 0 Å². The number of aromatic hydroxyl groups is 1. The molecule has 0 radical (unpaired) electrons. The van der Waals surface area contributed by atoms with Gasteiger partial charge in [0.05, 0.1) is 5.02 Å². The van der Waals surface area contributed by atoms with Crippen molar-refractivity contribution in [3.63, 3.8) is 0 Å². The molecule has 0 aliphatic carbocycles. The summed E-state index contributed by atoms with van der Waals surface area (Å²) in [6.45, 7) is 1.97. The summed E-state index contributed by atoms with van der Waals surface area (Å²) >= 11 is 5.82. The molecule has 1 aliphatic rings. The Kier molecular flexibility index (Phi) is 2.18. The average Bonchev–Trinajstić information content (AvgIpc) is 2.08. The lowest BCUT2D eigenvalue weighted by molar-refractivity contribution is 0.312. The van der Waals surface area contributed by atoms with E-state index in [1.165, 1.54) is 11.1 Å². The number of hydrogen-bond donors (Lipinski definition) is 1. The maximum Gasteiger partial charge on any atom is 0.134 e. The Bertz CT molecular complexity index is 338. The highest BCUT2D eigenvalue weighted by Gasteiger charge is 2.14. The van der Waals surface area contributed by atoms with Crippen LogP contribution in [0.15, 0.2) is 12.1 Å². The van der Waals surface area contributed by atoms with Gasteiger partial charge in [0.15, 0.2) is 0 Å². The molecule has 1 N–H and O–H groups in total. The lowest BCUT2D eigenvalue weighted by Crippen LogP contribution is -2.26. The zero-order valence-electron chi connectivity index (χ0n) is 7.55. The van der Waals surface area contributed by atoms with Gasteiger partial charge in [-0.05, 0) is 36.7 Å². The number of hydrogen-bond acceptors (Lipinski definition) is 2. The molecule has 1 aromatic rings. The second-order valence-electron chi connectivity index (χ2n) is 3.56. The number of halogens is 1. The smallest absolute Gasteiger partial charge is 0.134 e. The maximum atomic E-state index is 9.41. The fourth-order valence-corrected chi connectivity index (χ4v) is 1.89. The summed E-state index contributed by atoms with van der Waals surface area (Å²) in [4.78, 5) is 2.23. The summed E-state index contributed by atoms with van der Waals surface area (Å²) in [5.74, 6) is 0.190. The minimum atomic E-state index is 0.190. The minimum absolute atomic E-state index is 0.190. The van der Waals surface area contributed by atoms with Crippen LogP contribution < -0.4 is 0 Å². The van der Waals surface area contributed by atoms with Crippen molar-refractivity contribution in [1.82, 2.24) is 4.90 Å². The van der Waals surface area contributed by atoms with E-state index in [4.69, 9.17) is 11.6 Å². The Morgan fingerprint density at radius 2 is 2.15 bits per heavy atom. The molecule has 0 aromatic heterocycles. The molecular formula is C10H12ClNO. The first-order chi connectivity index (χ1) is 6.16. The van der Waals surface area contributed by atoms with Gasteiger partial charge in [0.25, 0.3) is 0 Å². The summed E-state index contributed by atoms with van der Waals surface area (Å²) in [6, 6.07) is 3.65. The summed E-state index contributed by atoms with van der Waals surface area (Å²) in [5.41, 5.74) is 2.46. The predicted octanol–water partition coefficient (Wildman–Crippen LogP) is 2.03. The van der Waals surface area contributed by atoms with Crippen molar-refractivity contribution in [3.05, 3.63) is 28.3 Å². The zero-order chi connectivity index (χ0) is 9.42. The molecule has 0 amide bonds. The summed E-state index contributed by atoms with van der Waals surface area (Å²) in [7, 11) is 2.08.